The Bertz CT molecular complexity index is 723. The molecule has 0 aliphatic heterocycles. The van der Waals surface area contributed by atoms with Crippen LogP contribution in [0.3, 0.4) is 0 Å². The Morgan fingerprint density at radius 1 is 0.737 bits per heavy atom. The maximum absolute atomic E-state index is 10.3. The summed E-state index contributed by atoms with van der Waals surface area (Å²) >= 11 is 0. The van der Waals surface area contributed by atoms with E-state index in [0.29, 0.717) is 16.5 Å². The zero-order valence-electron chi connectivity index (χ0n) is 10.2. The third kappa shape index (κ3) is 2.06. The zero-order chi connectivity index (χ0) is 13.2. The highest BCUT2D eigenvalue weighted by molar-refractivity contribution is 5.98. The summed E-state index contributed by atoms with van der Waals surface area (Å²) in [5.74, 6) is 0.282. The lowest BCUT2D eigenvalue weighted by molar-refractivity contribution is 0.471. The molecule has 3 N–H and O–H groups in total. The Labute approximate surface area is 110 Å². The van der Waals surface area contributed by atoms with Crippen LogP contribution in [0.1, 0.15) is 0 Å². The highest BCUT2D eigenvalue weighted by Gasteiger charge is 2.10. The van der Waals surface area contributed by atoms with Crippen LogP contribution < -0.4 is 5.32 Å². The molecular formula is C16H13NO2. The third-order valence-corrected chi connectivity index (χ3v) is 3.05. The number of anilines is 2. The summed E-state index contributed by atoms with van der Waals surface area (Å²) in [4.78, 5) is 0. The molecule has 0 saturated carbocycles. The summed E-state index contributed by atoms with van der Waals surface area (Å²) < 4.78 is 0. The van der Waals surface area contributed by atoms with E-state index < -0.39 is 0 Å². The second kappa shape index (κ2) is 4.53. The lowest BCUT2D eigenvalue weighted by Crippen LogP contribution is -1.91. The Balaban J connectivity index is 2.12. The summed E-state index contributed by atoms with van der Waals surface area (Å²) in [6, 6.07) is 18.3. The third-order valence-electron chi connectivity index (χ3n) is 3.05. The number of para-hydroxylation sites is 1. The number of aromatic hydroxyl groups is 2. The van der Waals surface area contributed by atoms with Crippen molar-refractivity contribution >= 4 is 22.1 Å². The maximum Gasteiger partial charge on any atom is 0.147 e. The standard InChI is InChI=1S/C16H13NO2/c18-15-10-14(17-11-6-2-1-3-7-11)16(19)13-9-5-4-8-12(13)15/h1-10,17-19H. The molecular weight excluding hydrogens is 238 g/mol. The van der Waals surface area contributed by atoms with Crippen molar-refractivity contribution in [2.24, 2.45) is 0 Å². The molecule has 3 aromatic rings. The first-order valence-electron chi connectivity index (χ1n) is 6.01. The van der Waals surface area contributed by atoms with Crippen LogP contribution in [0.5, 0.6) is 11.5 Å². The van der Waals surface area contributed by atoms with Gasteiger partial charge in [-0.2, -0.15) is 0 Å². The minimum absolute atomic E-state index is 0.136. The van der Waals surface area contributed by atoms with Gasteiger partial charge in [0, 0.05) is 22.5 Å². The normalized spacial score (nSPS) is 10.5. The molecule has 0 aliphatic rings. The van der Waals surface area contributed by atoms with Crippen molar-refractivity contribution in [2.45, 2.75) is 0 Å². The highest BCUT2D eigenvalue weighted by Crippen LogP contribution is 2.39. The number of hydrogen-bond donors (Lipinski definition) is 3. The van der Waals surface area contributed by atoms with E-state index in [1.54, 1.807) is 12.1 Å². The molecule has 0 heterocycles. The molecule has 0 bridgehead atoms. The molecule has 0 unspecified atom stereocenters. The molecule has 0 amide bonds. The second-order valence-electron chi connectivity index (χ2n) is 4.33. The SMILES string of the molecule is Oc1cc(Nc2ccccc2)c(O)c2ccccc12. The van der Waals surface area contributed by atoms with Gasteiger partial charge in [-0.25, -0.2) is 0 Å². The van der Waals surface area contributed by atoms with E-state index in [2.05, 4.69) is 5.32 Å². The van der Waals surface area contributed by atoms with Gasteiger partial charge in [0.2, 0.25) is 0 Å². The Kier molecular flexibility index (Phi) is 2.72. The van der Waals surface area contributed by atoms with Crippen molar-refractivity contribution in [2.75, 3.05) is 5.32 Å². The monoisotopic (exact) mass is 251 g/mol. The van der Waals surface area contributed by atoms with Gasteiger partial charge in [-0.1, -0.05) is 42.5 Å². The van der Waals surface area contributed by atoms with E-state index in [-0.39, 0.29) is 11.5 Å². The molecule has 3 nitrogen and oxygen atoms in total. The molecule has 0 saturated heterocycles. The molecule has 0 spiro atoms. The molecule has 19 heavy (non-hydrogen) atoms. The topological polar surface area (TPSA) is 52.5 Å². The van der Waals surface area contributed by atoms with Gasteiger partial charge in [-0.05, 0) is 12.1 Å². The predicted octanol–water partition coefficient (Wildman–Crippen LogP) is 3.99. The van der Waals surface area contributed by atoms with Crippen molar-refractivity contribution in [3.8, 4) is 11.5 Å². The van der Waals surface area contributed by atoms with Gasteiger partial charge in [0.15, 0.2) is 0 Å². The van der Waals surface area contributed by atoms with Crippen molar-refractivity contribution in [1.29, 1.82) is 0 Å². The van der Waals surface area contributed by atoms with Gasteiger partial charge in [-0.15, -0.1) is 0 Å². The molecule has 3 heteroatoms. The average molecular weight is 251 g/mol. The largest absolute Gasteiger partial charge is 0.507 e. The Morgan fingerprint density at radius 2 is 1.37 bits per heavy atom. The molecule has 3 rings (SSSR count). The maximum atomic E-state index is 10.3. The van der Waals surface area contributed by atoms with Crippen molar-refractivity contribution in [3.63, 3.8) is 0 Å². The van der Waals surface area contributed by atoms with Crippen LogP contribution in [0.2, 0.25) is 0 Å². The van der Waals surface area contributed by atoms with Crippen LogP contribution in [-0.4, -0.2) is 10.2 Å². The predicted molar refractivity (Wildman–Crippen MR) is 77.0 cm³/mol. The summed E-state index contributed by atoms with van der Waals surface area (Å²) in [5.41, 5.74) is 1.34. The van der Waals surface area contributed by atoms with Crippen LogP contribution >= 0.6 is 0 Å². The van der Waals surface area contributed by atoms with Gasteiger partial charge < -0.3 is 15.5 Å². The first kappa shape index (κ1) is 11.4. The number of hydrogen-bond acceptors (Lipinski definition) is 3. The Hall–Kier alpha value is -2.68. The fraction of sp³-hybridized carbons (Fsp3) is 0. The van der Waals surface area contributed by atoms with Crippen LogP contribution in [0.15, 0.2) is 60.7 Å². The minimum Gasteiger partial charge on any atom is -0.507 e. The number of phenols is 2. The zero-order valence-corrected chi connectivity index (χ0v) is 10.2. The van der Waals surface area contributed by atoms with Crippen molar-refractivity contribution < 1.29 is 10.2 Å². The van der Waals surface area contributed by atoms with E-state index in [1.165, 1.54) is 6.07 Å². The second-order valence-corrected chi connectivity index (χ2v) is 4.33. The van der Waals surface area contributed by atoms with Gasteiger partial charge in [0.05, 0.1) is 5.69 Å². The first-order chi connectivity index (χ1) is 9.25. The fourth-order valence-electron chi connectivity index (χ4n) is 2.11. The molecule has 3 aromatic carbocycles. The fourth-order valence-corrected chi connectivity index (χ4v) is 2.11. The van der Waals surface area contributed by atoms with E-state index in [0.717, 1.165) is 5.69 Å². The number of benzene rings is 3. The molecule has 0 fully saturated rings. The number of nitrogens with one attached hydrogen (secondary N) is 1. The van der Waals surface area contributed by atoms with Gasteiger partial charge in [-0.3, -0.25) is 0 Å². The summed E-state index contributed by atoms with van der Waals surface area (Å²) in [6.45, 7) is 0. The van der Waals surface area contributed by atoms with Crippen LogP contribution in [0, 0.1) is 0 Å². The average Bonchev–Trinajstić information content (AvgIpc) is 2.46. The minimum atomic E-state index is 0.136. The quantitative estimate of drug-likeness (QED) is 0.476. The lowest BCUT2D eigenvalue weighted by atomic mass is 10.1. The van der Waals surface area contributed by atoms with E-state index >= 15 is 0 Å². The van der Waals surface area contributed by atoms with Gasteiger partial charge >= 0.3 is 0 Å². The summed E-state index contributed by atoms with van der Waals surface area (Å²) in [7, 11) is 0. The number of fused-ring (bicyclic) bond motifs is 1. The van der Waals surface area contributed by atoms with E-state index in [1.807, 2.05) is 42.5 Å². The smallest absolute Gasteiger partial charge is 0.147 e. The van der Waals surface area contributed by atoms with Crippen molar-refractivity contribution in [1.82, 2.24) is 0 Å². The van der Waals surface area contributed by atoms with Gasteiger partial charge in [0.25, 0.3) is 0 Å². The molecule has 0 aromatic heterocycles. The molecule has 0 radical (unpaired) electrons. The molecule has 94 valence electrons. The van der Waals surface area contributed by atoms with Crippen molar-refractivity contribution in [3.05, 3.63) is 60.7 Å². The molecule has 0 atom stereocenters. The van der Waals surface area contributed by atoms with Crippen LogP contribution in [0.4, 0.5) is 11.4 Å². The summed E-state index contributed by atoms with van der Waals surface area (Å²) in [6.07, 6.45) is 0. The highest BCUT2D eigenvalue weighted by atomic mass is 16.3. The van der Waals surface area contributed by atoms with Crippen LogP contribution in [0.25, 0.3) is 10.8 Å². The Morgan fingerprint density at radius 3 is 2.11 bits per heavy atom. The molecule has 0 aliphatic carbocycles. The summed E-state index contributed by atoms with van der Waals surface area (Å²) in [5, 5.41) is 24.6. The number of phenolic OH excluding ortho intramolecular Hbond substituents is 2. The van der Waals surface area contributed by atoms with Gasteiger partial charge in [0.1, 0.15) is 11.5 Å². The number of rotatable bonds is 2. The first-order valence-corrected chi connectivity index (χ1v) is 6.01. The lowest BCUT2D eigenvalue weighted by Gasteiger charge is -2.12. The van der Waals surface area contributed by atoms with E-state index in [4.69, 9.17) is 0 Å². The van der Waals surface area contributed by atoms with Crippen LogP contribution in [-0.2, 0) is 0 Å². The van der Waals surface area contributed by atoms with E-state index in [9.17, 15) is 10.2 Å².